The number of esters is 1. The van der Waals surface area contributed by atoms with E-state index in [1.54, 1.807) is 50.2 Å². The van der Waals surface area contributed by atoms with Crippen molar-refractivity contribution in [2.45, 2.75) is 32.2 Å². The van der Waals surface area contributed by atoms with E-state index in [-0.39, 0.29) is 18.8 Å². The first-order valence-electron chi connectivity index (χ1n) is 9.74. The first kappa shape index (κ1) is 22.5. The fourth-order valence-corrected chi connectivity index (χ4v) is 3.33. The van der Waals surface area contributed by atoms with Gasteiger partial charge in [-0.05, 0) is 32.0 Å². The molecule has 0 aromatic heterocycles. The molecular weight excluding hydrogens is 400 g/mol. The Labute approximate surface area is 180 Å². The SMILES string of the molecule is COC(=O)C(C)(C)COc1cc(C(N)(N)N)ccc1C1CC(=O)c2cccc(N)c2O1. The van der Waals surface area contributed by atoms with Gasteiger partial charge in [-0.25, -0.2) is 0 Å². The number of ether oxygens (including phenoxy) is 3. The number of ketones is 1. The van der Waals surface area contributed by atoms with Crippen LogP contribution in [0.5, 0.6) is 11.5 Å². The smallest absolute Gasteiger partial charge is 0.314 e. The number of para-hydroxylation sites is 1. The molecule has 2 aromatic carbocycles. The lowest BCUT2D eigenvalue weighted by Crippen LogP contribution is -2.54. The van der Waals surface area contributed by atoms with Crippen molar-refractivity contribution in [2.75, 3.05) is 19.5 Å². The molecule has 0 fully saturated rings. The number of methoxy groups -OCH3 is 1. The average molecular weight is 428 g/mol. The summed E-state index contributed by atoms with van der Waals surface area (Å²) in [6.45, 7) is 3.39. The summed E-state index contributed by atoms with van der Waals surface area (Å²) in [4.78, 5) is 24.7. The summed E-state index contributed by atoms with van der Waals surface area (Å²) >= 11 is 0. The molecule has 1 heterocycles. The molecule has 31 heavy (non-hydrogen) atoms. The quantitative estimate of drug-likeness (QED) is 0.303. The first-order valence-corrected chi connectivity index (χ1v) is 9.74. The van der Waals surface area contributed by atoms with Gasteiger partial charge < -0.3 is 19.9 Å². The number of anilines is 1. The Balaban J connectivity index is 1.99. The normalized spacial score (nSPS) is 16.3. The van der Waals surface area contributed by atoms with E-state index in [0.29, 0.717) is 33.9 Å². The molecule has 2 aromatic rings. The Kier molecular flexibility index (Phi) is 5.95. The third-order valence-electron chi connectivity index (χ3n) is 5.16. The van der Waals surface area contributed by atoms with E-state index >= 15 is 0 Å². The number of nitrogens with two attached hydrogens (primary N) is 4. The standard InChI is InChI=1S/C22H28N4O5/c1-21(2,20(28)29-3)11-30-17-9-12(22(24,25)26)7-8-14(17)18-10-16(27)13-5-4-6-15(23)19(13)31-18/h4-9,18H,10-11,23-26H2,1-3H3. The Hall–Kier alpha value is -3.14. The maximum Gasteiger partial charge on any atom is 0.314 e. The second kappa shape index (κ2) is 8.18. The number of fused-ring (bicyclic) bond motifs is 1. The topological polar surface area (TPSA) is 166 Å². The molecule has 0 radical (unpaired) electrons. The zero-order chi connectivity index (χ0) is 23.0. The van der Waals surface area contributed by atoms with Crippen molar-refractivity contribution in [1.29, 1.82) is 0 Å². The van der Waals surface area contributed by atoms with Crippen LogP contribution in [0.2, 0.25) is 0 Å². The summed E-state index contributed by atoms with van der Waals surface area (Å²) in [6, 6.07) is 9.97. The van der Waals surface area contributed by atoms with Crippen molar-refractivity contribution in [3.8, 4) is 11.5 Å². The van der Waals surface area contributed by atoms with Gasteiger partial charge in [-0.15, -0.1) is 0 Å². The van der Waals surface area contributed by atoms with Crippen molar-refractivity contribution in [3.05, 3.63) is 53.1 Å². The minimum Gasteiger partial charge on any atom is -0.492 e. The largest absolute Gasteiger partial charge is 0.492 e. The van der Waals surface area contributed by atoms with Crippen molar-refractivity contribution in [1.82, 2.24) is 0 Å². The molecule has 1 atom stereocenters. The minimum absolute atomic E-state index is 0.00222. The summed E-state index contributed by atoms with van der Waals surface area (Å²) < 4.78 is 16.9. The molecule has 0 aliphatic carbocycles. The third kappa shape index (κ3) is 4.63. The second-order valence-electron chi connectivity index (χ2n) is 8.31. The molecule has 1 aliphatic heterocycles. The second-order valence-corrected chi connectivity index (χ2v) is 8.31. The molecule has 8 N–H and O–H groups in total. The number of hydrogen-bond acceptors (Lipinski definition) is 9. The number of carbonyl (C=O) groups is 2. The Bertz CT molecular complexity index is 1010. The summed E-state index contributed by atoms with van der Waals surface area (Å²) in [5.41, 5.74) is 24.4. The van der Waals surface area contributed by atoms with Crippen molar-refractivity contribution >= 4 is 17.4 Å². The van der Waals surface area contributed by atoms with E-state index in [2.05, 4.69) is 0 Å². The maximum absolute atomic E-state index is 12.7. The van der Waals surface area contributed by atoms with Gasteiger partial charge in [-0.1, -0.05) is 18.2 Å². The Morgan fingerprint density at radius 1 is 1.19 bits per heavy atom. The summed E-state index contributed by atoms with van der Waals surface area (Å²) in [7, 11) is 1.31. The van der Waals surface area contributed by atoms with Gasteiger partial charge in [0.25, 0.3) is 0 Å². The highest BCUT2D eigenvalue weighted by molar-refractivity contribution is 6.01. The van der Waals surface area contributed by atoms with E-state index in [4.69, 9.17) is 37.1 Å². The molecule has 0 spiro atoms. The Morgan fingerprint density at radius 3 is 2.55 bits per heavy atom. The molecule has 0 bridgehead atoms. The van der Waals surface area contributed by atoms with Gasteiger partial charge >= 0.3 is 5.97 Å². The van der Waals surface area contributed by atoms with Crippen LogP contribution < -0.4 is 32.4 Å². The lowest BCUT2D eigenvalue weighted by molar-refractivity contribution is -0.152. The van der Waals surface area contributed by atoms with Crippen LogP contribution in [0.3, 0.4) is 0 Å². The molecule has 0 saturated carbocycles. The van der Waals surface area contributed by atoms with Gasteiger partial charge in [0, 0.05) is 11.1 Å². The van der Waals surface area contributed by atoms with Crippen LogP contribution >= 0.6 is 0 Å². The molecule has 0 amide bonds. The Morgan fingerprint density at radius 2 is 1.90 bits per heavy atom. The first-order chi connectivity index (χ1) is 14.4. The summed E-state index contributed by atoms with van der Waals surface area (Å²) in [6.07, 6.45) is -0.566. The number of carbonyl (C=O) groups excluding carboxylic acids is 2. The fourth-order valence-electron chi connectivity index (χ4n) is 3.33. The van der Waals surface area contributed by atoms with Crippen LogP contribution in [-0.4, -0.2) is 25.5 Å². The van der Waals surface area contributed by atoms with Gasteiger partial charge in [-0.2, -0.15) is 0 Å². The van der Waals surface area contributed by atoms with Gasteiger partial charge in [0.1, 0.15) is 24.2 Å². The fraction of sp³-hybridized carbons (Fsp3) is 0.364. The lowest BCUT2D eigenvalue weighted by Gasteiger charge is -2.30. The number of rotatable bonds is 6. The monoisotopic (exact) mass is 428 g/mol. The molecular formula is C22H28N4O5. The van der Waals surface area contributed by atoms with Crippen LogP contribution in [0.15, 0.2) is 36.4 Å². The maximum atomic E-state index is 12.7. The summed E-state index contributed by atoms with van der Waals surface area (Å²) in [5, 5.41) is 0. The molecule has 0 saturated heterocycles. The number of nitrogen functional groups attached to an aromatic ring is 1. The molecule has 1 aliphatic rings. The van der Waals surface area contributed by atoms with Crippen LogP contribution in [-0.2, 0) is 15.3 Å². The van der Waals surface area contributed by atoms with Gasteiger partial charge in [0.05, 0.1) is 30.2 Å². The van der Waals surface area contributed by atoms with Gasteiger partial charge in [0.15, 0.2) is 11.5 Å². The molecule has 1 unspecified atom stereocenters. The highest BCUT2D eigenvalue weighted by Crippen LogP contribution is 2.41. The molecule has 3 rings (SSSR count). The molecule has 166 valence electrons. The predicted octanol–water partition coefficient (Wildman–Crippen LogP) is 1.54. The summed E-state index contributed by atoms with van der Waals surface area (Å²) in [5.74, 6) is -1.46. The van der Waals surface area contributed by atoms with E-state index in [9.17, 15) is 9.59 Å². The minimum atomic E-state index is -1.60. The van der Waals surface area contributed by atoms with Crippen LogP contribution in [0.25, 0.3) is 0 Å². The van der Waals surface area contributed by atoms with E-state index < -0.39 is 23.3 Å². The van der Waals surface area contributed by atoms with Crippen LogP contribution in [0.1, 0.15) is 47.9 Å². The van der Waals surface area contributed by atoms with Crippen molar-refractivity contribution in [3.63, 3.8) is 0 Å². The molecule has 9 nitrogen and oxygen atoms in total. The van der Waals surface area contributed by atoms with Crippen molar-refractivity contribution in [2.24, 2.45) is 22.6 Å². The zero-order valence-electron chi connectivity index (χ0n) is 17.8. The van der Waals surface area contributed by atoms with Gasteiger partial charge in [-0.3, -0.25) is 26.8 Å². The van der Waals surface area contributed by atoms with Crippen LogP contribution in [0.4, 0.5) is 5.69 Å². The zero-order valence-corrected chi connectivity index (χ0v) is 17.8. The van der Waals surface area contributed by atoms with E-state index in [1.165, 1.54) is 7.11 Å². The highest BCUT2D eigenvalue weighted by Gasteiger charge is 2.34. The van der Waals surface area contributed by atoms with E-state index in [1.807, 2.05) is 0 Å². The number of hydrogen-bond donors (Lipinski definition) is 4. The number of benzene rings is 2. The predicted molar refractivity (Wildman–Crippen MR) is 115 cm³/mol. The van der Waals surface area contributed by atoms with Gasteiger partial charge in [0.2, 0.25) is 0 Å². The average Bonchev–Trinajstić information content (AvgIpc) is 2.71. The van der Waals surface area contributed by atoms with E-state index in [0.717, 1.165) is 0 Å². The van der Waals surface area contributed by atoms with Crippen LogP contribution in [0, 0.1) is 5.41 Å². The third-order valence-corrected chi connectivity index (χ3v) is 5.16. The van der Waals surface area contributed by atoms with Crippen molar-refractivity contribution < 1.29 is 23.8 Å². The lowest BCUT2D eigenvalue weighted by atomic mass is 9.93. The highest BCUT2D eigenvalue weighted by atomic mass is 16.5. The molecule has 9 heteroatoms. The number of Topliss-reactive ketones (excluding diaryl/α,β-unsaturated/α-hetero) is 1.